The van der Waals surface area contributed by atoms with Crippen LogP contribution in [0.5, 0.6) is 5.75 Å². The van der Waals surface area contributed by atoms with E-state index in [1.807, 2.05) is 41.3 Å². The number of carbonyl (C=O) groups is 2. The molecule has 3 rings (SSSR count). The van der Waals surface area contributed by atoms with Crippen molar-refractivity contribution in [3.63, 3.8) is 0 Å². The van der Waals surface area contributed by atoms with Crippen molar-refractivity contribution in [1.29, 1.82) is 0 Å². The maximum Gasteiger partial charge on any atom is 0.416 e. The Balaban J connectivity index is 1.88. The van der Waals surface area contributed by atoms with Crippen molar-refractivity contribution in [3.8, 4) is 5.75 Å². The first kappa shape index (κ1) is 17.9. The number of fused-ring (bicyclic) bond motifs is 2. The van der Waals surface area contributed by atoms with Gasteiger partial charge in [-0.2, -0.15) is 0 Å². The van der Waals surface area contributed by atoms with E-state index in [0.29, 0.717) is 35.2 Å². The number of hydrogen-bond acceptors (Lipinski definition) is 4. The Labute approximate surface area is 155 Å². The van der Waals surface area contributed by atoms with Gasteiger partial charge in [-0.15, -0.1) is 0 Å². The SMILES string of the molecule is O=C(O)N(CCCN1c2cc(Cl)ccc2COc2ccccc21)C(=O)O. The highest BCUT2D eigenvalue weighted by molar-refractivity contribution is 6.30. The molecule has 0 bridgehead atoms. The molecule has 8 heteroatoms. The number of nitrogens with zero attached hydrogens (tertiary/aromatic N) is 2. The fourth-order valence-electron chi connectivity index (χ4n) is 2.90. The number of rotatable bonds is 4. The van der Waals surface area contributed by atoms with Gasteiger partial charge >= 0.3 is 12.2 Å². The van der Waals surface area contributed by atoms with Crippen LogP contribution in [0.3, 0.4) is 0 Å². The van der Waals surface area contributed by atoms with E-state index in [9.17, 15) is 9.59 Å². The number of imide groups is 1. The van der Waals surface area contributed by atoms with E-state index < -0.39 is 12.2 Å². The minimum Gasteiger partial charge on any atom is -0.487 e. The third-order valence-electron chi connectivity index (χ3n) is 4.10. The first-order chi connectivity index (χ1) is 12.5. The zero-order valence-corrected chi connectivity index (χ0v) is 14.5. The van der Waals surface area contributed by atoms with Crippen LogP contribution in [0.1, 0.15) is 12.0 Å². The van der Waals surface area contributed by atoms with E-state index in [0.717, 1.165) is 16.9 Å². The smallest absolute Gasteiger partial charge is 0.416 e. The number of amides is 2. The van der Waals surface area contributed by atoms with Crippen LogP contribution in [-0.4, -0.2) is 40.4 Å². The summed E-state index contributed by atoms with van der Waals surface area (Å²) < 4.78 is 5.87. The summed E-state index contributed by atoms with van der Waals surface area (Å²) in [6.07, 6.45) is -2.65. The molecule has 136 valence electrons. The average molecular weight is 377 g/mol. The molecule has 1 aliphatic rings. The van der Waals surface area contributed by atoms with Gasteiger partial charge in [-0.05, 0) is 30.7 Å². The highest BCUT2D eigenvalue weighted by atomic mass is 35.5. The van der Waals surface area contributed by atoms with Gasteiger partial charge in [-0.3, -0.25) is 0 Å². The van der Waals surface area contributed by atoms with Crippen molar-refractivity contribution >= 4 is 35.2 Å². The standard InChI is InChI=1S/C18H17ClN2O5/c19-13-7-6-12-11-26-16-5-2-1-4-14(16)20(15(12)10-13)8-3-9-21(17(22)23)18(24)25/h1-2,4-7,10H,3,8-9,11H2,(H,22,23)(H,24,25). The molecule has 2 aromatic carbocycles. The van der Waals surface area contributed by atoms with Gasteiger partial charge in [0.1, 0.15) is 12.4 Å². The zero-order chi connectivity index (χ0) is 18.7. The Hall–Kier alpha value is -2.93. The van der Waals surface area contributed by atoms with Crippen molar-refractivity contribution in [2.45, 2.75) is 13.0 Å². The van der Waals surface area contributed by atoms with E-state index in [1.54, 1.807) is 6.07 Å². The molecule has 0 aromatic heterocycles. The molecule has 0 fully saturated rings. The summed E-state index contributed by atoms with van der Waals surface area (Å²) in [5.41, 5.74) is 2.63. The molecular formula is C18H17ClN2O5. The van der Waals surface area contributed by atoms with Crippen molar-refractivity contribution in [2.75, 3.05) is 18.0 Å². The number of anilines is 2. The summed E-state index contributed by atoms with van der Waals surface area (Å²) in [7, 11) is 0. The molecule has 7 nitrogen and oxygen atoms in total. The lowest BCUT2D eigenvalue weighted by molar-refractivity contribution is 0.122. The first-order valence-corrected chi connectivity index (χ1v) is 8.36. The molecule has 0 saturated carbocycles. The normalized spacial score (nSPS) is 12.4. The van der Waals surface area contributed by atoms with Crippen molar-refractivity contribution < 1.29 is 24.5 Å². The summed E-state index contributed by atoms with van der Waals surface area (Å²) in [5.74, 6) is 0.702. The third kappa shape index (κ3) is 3.67. The van der Waals surface area contributed by atoms with E-state index in [-0.39, 0.29) is 6.54 Å². The van der Waals surface area contributed by atoms with Crippen LogP contribution in [0.2, 0.25) is 5.02 Å². The Kier molecular flexibility index (Phi) is 5.18. The third-order valence-corrected chi connectivity index (χ3v) is 4.34. The van der Waals surface area contributed by atoms with Crippen LogP contribution in [0.25, 0.3) is 0 Å². The fourth-order valence-corrected chi connectivity index (χ4v) is 3.07. The second-order valence-electron chi connectivity index (χ2n) is 5.75. The predicted octanol–water partition coefficient (Wildman–Crippen LogP) is 4.42. The molecule has 1 aliphatic heterocycles. The van der Waals surface area contributed by atoms with Gasteiger partial charge in [0.25, 0.3) is 0 Å². The number of hydrogen-bond donors (Lipinski definition) is 2. The molecule has 0 unspecified atom stereocenters. The van der Waals surface area contributed by atoms with Gasteiger partial charge in [0, 0.05) is 29.4 Å². The van der Waals surface area contributed by atoms with E-state index in [2.05, 4.69) is 0 Å². The molecule has 0 atom stereocenters. The van der Waals surface area contributed by atoms with Crippen molar-refractivity contribution in [3.05, 3.63) is 53.1 Å². The van der Waals surface area contributed by atoms with Gasteiger partial charge < -0.3 is 19.8 Å². The highest BCUT2D eigenvalue weighted by Gasteiger charge is 2.23. The molecule has 0 spiro atoms. The summed E-state index contributed by atoms with van der Waals surface area (Å²) in [4.78, 5) is 24.4. The monoisotopic (exact) mass is 376 g/mol. The summed E-state index contributed by atoms with van der Waals surface area (Å²) >= 11 is 6.16. The second kappa shape index (κ2) is 7.53. The number of ether oxygens (including phenoxy) is 1. The largest absolute Gasteiger partial charge is 0.487 e. The predicted molar refractivity (Wildman–Crippen MR) is 96.6 cm³/mol. The molecular weight excluding hydrogens is 360 g/mol. The Bertz CT molecular complexity index is 828. The van der Waals surface area contributed by atoms with Gasteiger partial charge in [-0.25, -0.2) is 14.5 Å². The topological polar surface area (TPSA) is 90.3 Å². The van der Waals surface area contributed by atoms with E-state index >= 15 is 0 Å². The van der Waals surface area contributed by atoms with Crippen molar-refractivity contribution in [2.24, 2.45) is 0 Å². The zero-order valence-electron chi connectivity index (χ0n) is 13.8. The molecule has 0 saturated heterocycles. The second-order valence-corrected chi connectivity index (χ2v) is 6.19. The van der Waals surface area contributed by atoms with Crippen LogP contribution in [0.15, 0.2) is 42.5 Å². The molecule has 1 heterocycles. The van der Waals surface area contributed by atoms with Crippen LogP contribution >= 0.6 is 11.6 Å². The molecule has 0 radical (unpaired) electrons. The lowest BCUT2D eigenvalue weighted by atomic mass is 10.1. The maximum atomic E-state index is 11.0. The molecule has 2 amide bonds. The molecule has 2 N–H and O–H groups in total. The Morgan fingerprint density at radius 3 is 2.58 bits per heavy atom. The maximum absolute atomic E-state index is 11.0. The van der Waals surface area contributed by atoms with Crippen LogP contribution in [-0.2, 0) is 6.61 Å². The number of para-hydroxylation sites is 2. The van der Waals surface area contributed by atoms with Gasteiger partial charge in [-0.1, -0.05) is 29.8 Å². The van der Waals surface area contributed by atoms with Crippen molar-refractivity contribution in [1.82, 2.24) is 4.90 Å². The van der Waals surface area contributed by atoms with E-state index in [4.69, 9.17) is 26.6 Å². The van der Waals surface area contributed by atoms with Gasteiger partial charge in [0.15, 0.2) is 0 Å². The summed E-state index contributed by atoms with van der Waals surface area (Å²) in [5, 5.41) is 18.5. The highest BCUT2D eigenvalue weighted by Crippen LogP contribution is 2.40. The molecule has 26 heavy (non-hydrogen) atoms. The van der Waals surface area contributed by atoms with E-state index in [1.165, 1.54) is 0 Å². The summed E-state index contributed by atoms with van der Waals surface area (Å²) in [6, 6.07) is 13.0. The lowest BCUT2D eigenvalue weighted by Crippen LogP contribution is -2.36. The first-order valence-electron chi connectivity index (χ1n) is 7.98. The minimum atomic E-state index is -1.49. The van der Waals surface area contributed by atoms with Crippen LogP contribution < -0.4 is 9.64 Å². The van der Waals surface area contributed by atoms with Gasteiger partial charge in [0.2, 0.25) is 0 Å². The molecule has 0 aliphatic carbocycles. The Morgan fingerprint density at radius 1 is 1.12 bits per heavy atom. The quantitative estimate of drug-likeness (QED) is 0.820. The number of carboxylic acid groups (broad SMARTS) is 2. The summed E-state index contributed by atoms with van der Waals surface area (Å²) in [6.45, 7) is 0.668. The molecule has 2 aromatic rings. The van der Waals surface area contributed by atoms with Crippen LogP contribution in [0.4, 0.5) is 21.0 Å². The minimum absolute atomic E-state index is 0.125. The van der Waals surface area contributed by atoms with Gasteiger partial charge in [0.05, 0.1) is 5.69 Å². The number of halogens is 1. The fraction of sp³-hybridized carbons (Fsp3) is 0.222. The number of benzene rings is 2. The lowest BCUT2D eigenvalue weighted by Gasteiger charge is -2.26. The van der Waals surface area contributed by atoms with Crippen LogP contribution in [0, 0.1) is 0 Å². The average Bonchev–Trinajstić information content (AvgIpc) is 2.75. The Morgan fingerprint density at radius 2 is 1.85 bits per heavy atom.